The number of nitrogens with one attached hydrogen (secondary N) is 1. The van der Waals surface area contributed by atoms with Gasteiger partial charge in [0.15, 0.2) is 11.5 Å². The van der Waals surface area contributed by atoms with E-state index in [1.807, 2.05) is 24.4 Å². The number of benzene rings is 2. The molecule has 0 aromatic heterocycles. The van der Waals surface area contributed by atoms with Crippen molar-refractivity contribution < 1.29 is 68.1 Å². The highest BCUT2D eigenvalue weighted by molar-refractivity contribution is 5.90. The van der Waals surface area contributed by atoms with Crippen LogP contribution in [0.2, 0.25) is 0 Å². The molecule has 1 fully saturated rings. The van der Waals surface area contributed by atoms with Gasteiger partial charge in [-0.3, -0.25) is 19.5 Å². The number of ether oxygens (including phenoxy) is 7. The number of aliphatic hydroxyl groups is 3. The maximum Gasteiger partial charge on any atom is 0.317 e. The van der Waals surface area contributed by atoms with Crippen LogP contribution in [0.4, 0.5) is 0 Å². The molecule has 0 amide bonds. The first-order valence-electron chi connectivity index (χ1n) is 16.4. The van der Waals surface area contributed by atoms with Gasteiger partial charge in [0.2, 0.25) is 12.0 Å². The number of carbonyl (C=O) groups excluding carboxylic acids is 1. The monoisotopic (exact) mass is 703 g/mol. The van der Waals surface area contributed by atoms with Gasteiger partial charge in [-0.25, -0.2) is 0 Å². The highest BCUT2D eigenvalue weighted by Gasteiger charge is 2.56. The lowest BCUT2D eigenvalue weighted by Crippen LogP contribution is -3.05. The maximum atomic E-state index is 12.0. The topological polar surface area (TPSA) is 196 Å². The smallest absolute Gasteiger partial charge is 0.317 e. The average Bonchev–Trinajstić information content (AvgIpc) is 3.81. The zero-order valence-electron chi connectivity index (χ0n) is 27.6. The summed E-state index contributed by atoms with van der Waals surface area (Å²) in [6.45, 7) is 0.724. The SMILES string of the molecule is COc1ccc2c(c1OC)O[C@H]1c3c(cc4c(c3C[NH+]3C=C5N=CC=C5C3)C#CC[C@]3(O)[C@H](O)[C@@H](O)[C@H](O4)O[C@@H]3COC(=O)CC(=O)O)OC[C@@H]21. The number of aliphatic hydroxyl groups excluding tert-OH is 2. The predicted octanol–water partition coefficient (Wildman–Crippen LogP) is -0.106. The summed E-state index contributed by atoms with van der Waals surface area (Å²) in [7, 11) is 3.11. The zero-order chi connectivity index (χ0) is 35.6. The van der Waals surface area contributed by atoms with Crippen LogP contribution in [-0.2, 0) is 25.6 Å². The van der Waals surface area contributed by atoms with Crippen LogP contribution < -0.4 is 28.6 Å². The molecule has 15 nitrogen and oxygen atoms in total. The van der Waals surface area contributed by atoms with E-state index in [9.17, 15) is 24.9 Å². The van der Waals surface area contributed by atoms with Crippen molar-refractivity contribution in [1.82, 2.24) is 0 Å². The zero-order valence-corrected chi connectivity index (χ0v) is 27.6. The van der Waals surface area contributed by atoms with Crippen LogP contribution in [0, 0.1) is 11.8 Å². The Morgan fingerprint density at radius 3 is 2.76 bits per heavy atom. The molecule has 5 N–H and O–H groups in total. The van der Waals surface area contributed by atoms with Crippen LogP contribution in [0.3, 0.4) is 0 Å². The lowest BCUT2D eigenvalue weighted by molar-refractivity contribution is -0.851. The number of esters is 1. The molecule has 51 heavy (non-hydrogen) atoms. The van der Waals surface area contributed by atoms with Crippen molar-refractivity contribution >= 4 is 18.2 Å². The van der Waals surface area contributed by atoms with Crippen LogP contribution >= 0.6 is 0 Å². The van der Waals surface area contributed by atoms with E-state index in [0.29, 0.717) is 41.7 Å². The van der Waals surface area contributed by atoms with Crippen LogP contribution in [-0.4, -0.2) is 103 Å². The van der Waals surface area contributed by atoms with Crippen molar-refractivity contribution in [2.24, 2.45) is 4.99 Å². The number of aliphatic carboxylic acids is 1. The second-order valence-corrected chi connectivity index (χ2v) is 13.1. The molecule has 266 valence electrons. The van der Waals surface area contributed by atoms with Crippen molar-refractivity contribution in [3.05, 3.63) is 64.0 Å². The fraction of sp³-hybridized carbons (Fsp3) is 0.417. The van der Waals surface area contributed by atoms with E-state index < -0.39 is 67.7 Å². The summed E-state index contributed by atoms with van der Waals surface area (Å²) in [4.78, 5) is 28.5. The largest absolute Gasteiger partial charge is 0.493 e. The van der Waals surface area contributed by atoms with E-state index >= 15 is 0 Å². The number of carboxylic acid groups (broad SMARTS) is 1. The number of methoxy groups -OCH3 is 2. The predicted molar refractivity (Wildman–Crippen MR) is 173 cm³/mol. The van der Waals surface area contributed by atoms with Crippen LogP contribution in [0.25, 0.3) is 0 Å². The number of aliphatic imine (C=N–C) groups is 1. The lowest BCUT2D eigenvalue weighted by atomic mass is 9.81. The molecule has 0 saturated carbocycles. The Kier molecular flexibility index (Phi) is 8.16. The van der Waals surface area contributed by atoms with Crippen LogP contribution in [0.1, 0.15) is 47.1 Å². The molecule has 1 unspecified atom stereocenters. The molecule has 9 rings (SSSR count). The molecule has 2 bridgehead atoms. The highest BCUT2D eigenvalue weighted by Crippen LogP contribution is 2.57. The molecule has 0 aliphatic carbocycles. The van der Waals surface area contributed by atoms with E-state index in [0.717, 1.165) is 32.9 Å². The molecule has 7 heterocycles. The van der Waals surface area contributed by atoms with Crippen LogP contribution in [0.15, 0.2) is 46.7 Å². The minimum atomic E-state index is -2.21. The number of carbonyl (C=O) groups is 2. The standard InChI is InChI=1S/C36H34N2O13/c1-45-23-6-5-19-21-15-47-25-10-24-18(4-3-8-36(44)26(16-48-28(41)11-27(39)40)50-35(49-24)30(42)34(36)43)20(13-38-12-17-7-9-37-22(17)14-38)29(25)31(21)51-32(19)33(23)46-2/h5-7,9-10,14,21,26,30-31,34-35,42-44H,8,11-13,15-16H2,1-2H3,(H,39,40)/p+1/t21-,26+,30+,31+,34+,35+,36+/m0/s1. The molecule has 1 saturated heterocycles. The summed E-state index contributed by atoms with van der Waals surface area (Å²) in [5.74, 6) is 5.68. The quantitative estimate of drug-likeness (QED) is 0.139. The van der Waals surface area contributed by atoms with Crippen molar-refractivity contribution in [3.63, 3.8) is 0 Å². The first-order chi connectivity index (χ1) is 24.6. The Labute approximate surface area is 291 Å². The Bertz CT molecular complexity index is 1980. The number of hydrogen-bond donors (Lipinski definition) is 5. The van der Waals surface area contributed by atoms with E-state index in [2.05, 4.69) is 16.8 Å². The van der Waals surface area contributed by atoms with Gasteiger partial charge in [-0.1, -0.05) is 17.9 Å². The summed E-state index contributed by atoms with van der Waals surface area (Å²) < 4.78 is 41.7. The van der Waals surface area contributed by atoms with Crippen molar-refractivity contribution in [1.29, 1.82) is 0 Å². The second-order valence-electron chi connectivity index (χ2n) is 13.1. The number of carboxylic acids is 1. The van der Waals surface area contributed by atoms with E-state index in [1.165, 1.54) is 0 Å². The van der Waals surface area contributed by atoms with E-state index in [-0.39, 0.29) is 18.3 Å². The van der Waals surface area contributed by atoms with E-state index in [4.69, 9.17) is 38.3 Å². The fourth-order valence-electron chi connectivity index (χ4n) is 7.58. The Morgan fingerprint density at radius 2 is 2.00 bits per heavy atom. The second kappa shape index (κ2) is 12.6. The molecule has 7 aliphatic heterocycles. The molecule has 2 aromatic rings. The molecular weight excluding hydrogens is 668 g/mol. The van der Waals surface area contributed by atoms with Gasteiger partial charge >= 0.3 is 11.9 Å². The number of hydrogen-bond acceptors (Lipinski definition) is 13. The summed E-state index contributed by atoms with van der Waals surface area (Å²) >= 11 is 0. The van der Waals surface area contributed by atoms with Gasteiger partial charge < -0.3 is 53.6 Å². The Morgan fingerprint density at radius 1 is 1.16 bits per heavy atom. The lowest BCUT2D eigenvalue weighted by Gasteiger charge is -2.47. The minimum Gasteiger partial charge on any atom is -0.493 e. The fourth-order valence-corrected chi connectivity index (χ4v) is 7.58. The normalized spacial score (nSPS) is 30.3. The minimum absolute atomic E-state index is 0.193. The van der Waals surface area contributed by atoms with Crippen molar-refractivity contribution in [2.75, 3.05) is 34.0 Å². The average molecular weight is 704 g/mol. The molecule has 2 aromatic carbocycles. The number of quaternary nitrogens is 1. The van der Waals surface area contributed by atoms with Gasteiger partial charge in [0.1, 0.15) is 79.5 Å². The third kappa shape index (κ3) is 5.47. The Hall–Kier alpha value is -5.11. The molecule has 15 heteroatoms. The molecule has 7 aliphatic rings. The summed E-state index contributed by atoms with van der Waals surface area (Å²) in [5, 5.41) is 42.9. The van der Waals surface area contributed by atoms with Crippen LogP contribution in [0.5, 0.6) is 28.7 Å². The first kappa shape index (κ1) is 33.1. The summed E-state index contributed by atoms with van der Waals surface area (Å²) in [6, 6.07) is 5.42. The first-order valence-corrected chi connectivity index (χ1v) is 16.4. The van der Waals surface area contributed by atoms with Gasteiger partial charge in [0.05, 0.1) is 32.3 Å². The molecule has 8 atom stereocenters. The number of rotatable bonds is 8. The number of fused-ring (bicyclic) bond motifs is 9. The van der Waals surface area contributed by atoms with Gasteiger partial charge in [0, 0.05) is 41.0 Å². The third-order valence-electron chi connectivity index (χ3n) is 10.1. The number of allylic oxidation sites excluding steroid dienone is 1. The van der Waals surface area contributed by atoms with Crippen molar-refractivity contribution in [3.8, 4) is 40.6 Å². The maximum absolute atomic E-state index is 12.0. The summed E-state index contributed by atoms with van der Waals surface area (Å²) in [5.41, 5.74) is 2.64. The number of nitrogens with zero attached hydrogens (tertiary/aromatic N) is 1. The molecule has 0 radical (unpaired) electrons. The van der Waals surface area contributed by atoms with Gasteiger partial charge in [-0.2, -0.15) is 0 Å². The third-order valence-corrected chi connectivity index (χ3v) is 10.1. The van der Waals surface area contributed by atoms with Crippen molar-refractivity contribution in [2.45, 2.75) is 61.6 Å². The summed E-state index contributed by atoms with van der Waals surface area (Å²) in [6.07, 6.45) is -2.56. The Balaban J connectivity index is 1.22. The molecule has 0 spiro atoms. The molecular formula is C36H35N2O13+. The van der Waals surface area contributed by atoms with Gasteiger partial charge in [-0.05, 0) is 12.1 Å². The van der Waals surface area contributed by atoms with Gasteiger partial charge in [-0.15, -0.1) is 0 Å². The highest BCUT2D eigenvalue weighted by atomic mass is 16.7. The van der Waals surface area contributed by atoms with E-state index in [1.54, 1.807) is 26.5 Å². The van der Waals surface area contributed by atoms with Gasteiger partial charge in [0.25, 0.3) is 0 Å².